The van der Waals surface area contributed by atoms with Crippen molar-refractivity contribution in [3.8, 4) is 0 Å². The molecule has 0 aliphatic heterocycles. The van der Waals surface area contributed by atoms with E-state index in [0.29, 0.717) is 0 Å². The van der Waals surface area contributed by atoms with Crippen LogP contribution in [0.15, 0.2) is 29.6 Å². The maximum absolute atomic E-state index is 10.8. The minimum Gasteiger partial charge on any atom is -0.481 e. The van der Waals surface area contributed by atoms with Gasteiger partial charge in [-0.3, -0.25) is 4.79 Å². The van der Waals surface area contributed by atoms with Gasteiger partial charge >= 0.3 is 5.97 Å². The lowest BCUT2D eigenvalue weighted by Crippen LogP contribution is -2.19. The number of carbonyl (C=O) groups is 1. The van der Waals surface area contributed by atoms with Gasteiger partial charge in [-0.1, -0.05) is 32.0 Å². The first-order valence-corrected chi connectivity index (χ1v) is 6.53. The van der Waals surface area contributed by atoms with Crippen LogP contribution >= 0.6 is 11.3 Å². The standard InChI is InChI=1S/C14H16O2S/c1-14(2,8-13(15)16)7-10-9-17-12-6-4-3-5-11(10)12/h3-6,9H,7-8H2,1-2H3,(H,15,16). The molecule has 2 nitrogen and oxygen atoms in total. The van der Waals surface area contributed by atoms with Crippen LogP contribution in [0.2, 0.25) is 0 Å². The highest BCUT2D eigenvalue weighted by Crippen LogP contribution is 2.33. The average Bonchev–Trinajstić information content (AvgIpc) is 2.59. The third kappa shape index (κ3) is 2.86. The van der Waals surface area contributed by atoms with Gasteiger partial charge < -0.3 is 5.11 Å². The third-order valence-corrected chi connectivity index (χ3v) is 3.87. The number of fused-ring (bicyclic) bond motifs is 1. The van der Waals surface area contributed by atoms with E-state index in [0.717, 1.165) is 6.42 Å². The van der Waals surface area contributed by atoms with Crippen LogP contribution in [-0.2, 0) is 11.2 Å². The van der Waals surface area contributed by atoms with Crippen LogP contribution in [0.1, 0.15) is 25.8 Å². The molecular weight excluding hydrogens is 232 g/mol. The van der Waals surface area contributed by atoms with Crippen LogP contribution in [0.25, 0.3) is 10.1 Å². The Kier molecular flexibility index (Phi) is 3.20. The fourth-order valence-electron chi connectivity index (χ4n) is 2.16. The molecule has 2 rings (SSSR count). The molecule has 0 fully saturated rings. The minimum absolute atomic E-state index is 0.199. The van der Waals surface area contributed by atoms with Crippen LogP contribution in [-0.4, -0.2) is 11.1 Å². The zero-order chi connectivity index (χ0) is 12.5. The third-order valence-electron chi connectivity index (χ3n) is 2.86. The molecule has 0 radical (unpaired) electrons. The molecule has 1 N–H and O–H groups in total. The summed E-state index contributed by atoms with van der Waals surface area (Å²) >= 11 is 1.73. The van der Waals surface area contributed by atoms with Crippen molar-refractivity contribution in [3.63, 3.8) is 0 Å². The smallest absolute Gasteiger partial charge is 0.303 e. The molecule has 1 aromatic carbocycles. The molecule has 0 aliphatic carbocycles. The Morgan fingerprint density at radius 3 is 2.76 bits per heavy atom. The van der Waals surface area contributed by atoms with Gasteiger partial charge in [0.15, 0.2) is 0 Å². The highest BCUT2D eigenvalue weighted by molar-refractivity contribution is 7.17. The molecule has 17 heavy (non-hydrogen) atoms. The number of carboxylic acids is 1. The second-order valence-electron chi connectivity index (χ2n) is 5.17. The van der Waals surface area contributed by atoms with E-state index < -0.39 is 5.97 Å². The van der Waals surface area contributed by atoms with E-state index in [9.17, 15) is 4.79 Å². The van der Waals surface area contributed by atoms with Crippen molar-refractivity contribution in [3.05, 3.63) is 35.2 Å². The second-order valence-corrected chi connectivity index (χ2v) is 6.08. The molecule has 2 aromatic rings. The molecule has 3 heteroatoms. The Hall–Kier alpha value is -1.35. The molecule has 0 amide bonds. The van der Waals surface area contributed by atoms with Crippen LogP contribution < -0.4 is 0 Å². The summed E-state index contributed by atoms with van der Waals surface area (Å²) in [5, 5.41) is 12.3. The van der Waals surface area contributed by atoms with Crippen LogP contribution in [0.4, 0.5) is 0 Å². The number of hydrogen-bond donors (Lipinski definition) is 1. The Bertz CT molecular complexity index is 540. The molecule has 0 saturated carbocycles. The van der Waals surface area contributed by atoms with Gasteiger partial charge in [0.2, 0.25) is 0 Å². The number of benzene rings is 1. The quantitative estimate of drug-likeness (QED) is 0.889. The molecule has 1 aromatic heterocycles. The number of hydrogen-bond acceptors (Lipinski definition) is 2. The van der Waals surface area contributed by atoms with E-state index in [4.69, 9.17) is 5.11 Å². The predicted molar refractivity (Wildman–Crippen MR) is 71.6 cm³/mol. The van der Waals surface area contributed by atoms with Gasteiger partial charge in [0.05, 0.1) is 6.42 Å². The molecule has 90 valence electrons. The monoisotopic (exact) mass is 248 g/mol. The van der Waals surface area contributed by atoms with Gasteiger partial charge in [-0.15, -0.1) is 11.3 Å². The summed E-state index contributed by atoms with van der Waals surface area (Å²) in [5.74, 6) is -0.727. The summed E-state index contributed by atoms with van der Waals surface area (Å²) < 4.78 is 1.27. The lowest BCUT2D eigenvalue weighted by molar-refractivity contribution is -0.139. The summed E-state index contributed by atoms with van der Waals surface area (Å²) in [6.45, 7) is 4.01. The number of aliphatic carboxylic acids is 1. The SMILES string of the molecule is CC(C)(CC(=O)O)Cc1csc2ccccc12. The lowest BCUT2D eigenvalue weighted by atomic mass is 9.83. The van der Waals surface area contributed by atoms with Crippen LogP contribution in [0, 0.1) is 5.41 Å². The van der Waals surface area contributed by atoms with Crippen molar-refractivity contribution in [2.45, 2.75) is 26.7 Å². The van der Waals surface area contributed by atoms with Crippen molar-refractivity contribution < 1.29 is 9.90 Å². The molecule has 1 heterocycles. The number of rotatable bonds is 4. The topological polar surface area (TPSA) is 37.3 Å². The normalized spacial score (nSPS) is 11.9. The molecule has 0 aliphatic rings. The largest absolute Gasteiger partial charge is 0.481 e. The Labute approximate surface area is 105 Å². The molecule has 0 spiro atoms. The van der Waals surface area contributed by atoms with E-state index in [2.05, 4.69) is 17.5 Å². The minimum atomic E-state index is -0.727. The van der Waals surface area contributed by atoms with E-state index in [-0.39, 0.29) is 11.8 Å². The van der Waals surface area contributed by atoms with Gasteiger partial charge in [0.25, 0.3) is 0 Å². The van der Waals surface area contributed by atoms with Crippen molar-refractivity contribution in [1.29, 1.82) is 0 Å². The van der Waals surface area contributed by atoms with E-state index in [1.807, 2.05) is 26.0 Å². The molecule has 0 bridgehead atoms. The fraction of sp³-hybridized carbons (Fsp3) is 0.357. The first-order chi connectivity index (χ1) is 7.98. The van der Waals surface area contributed by atoms with E-state index >= 15 is 0 Å². The van der Waals surface area contributed by atoms with Crippen LogP contribution in [0.3, 0.4) is 0 Å². The van der Waals surface area contributed by atoms with Crippen molar-refractivity contribution in [1.82, 2.24) is 0 Å². The Morgan fingerprint density at radius 1 is 1.35 bits per heavy atom. The van der Waals surface area contributed by atoms with E-state index in [1.54, 1.807) is 11.3 Å². The zero-order valence-corrected chi connectivity index (χ0v) is 10.9. The van der Waals surface area contributed by atoms with Gasteiger partial charge in [-0.2, -0.15) is 0 Å². The molecule has 0 unspecified atom stereocenters. The van der Waals surface area contributed by atoms with Crippen molar-refractivity contribution in [2.75, 3.05) is 0 Å². The maximum Gasteiger partial charge on any atom is 0.303 e. The van der Waals surface area contributed by atoms with Gasteiger partial charge in [-0.05, 0) is 34.2 Å². The summed E-state index contributed by atoms with van der Waals surface area (Å²) in [6, 6.07) is 8.28. The Morgan fingerprint density at radius 2 is 2.06 bits per heavy atom. The van der Waals surface area contributed by atoms with Gasteiger partial charge in [0, 0.05) is 4.70 Å². The molecule has 0 saturated heterocycles. The maximum atomic E-state index is 10.8. The summed E-state index contributed by atoms with van der Waals surface area (Å²) in [7, 11) is 0. The number of carboxylic acid groups (broad SMARTS) is 1. The highest BCUT2D eigenvalue weighted by atomic mass is 32.1. The summed E-state index contributed by atoms with van der Waals surface area (Å²) in [6.07, 6.45) is 1.01. The fourth-order valence-corrected chi connectivity index (χ4v) is 3.12. The van der Waals surface area contributed by atoms with E-state index in [1.165, 1.54) is 15.6 Å². The molecular formula is C14H16O2S. The lowest BCUT2D eigenvalue weighted by Gasteiger charge is -2.21. The van der Waals surface area contributed by atoms with Gasteiger partial charge in [0.1, 0.15) is 0 Å². The zero-order valence-electron chi connectivity index (χ0n) is 10.1. The Balaban J connectivity index is 2.26. The molecule has 0 atom stereocenters. The summed E-state index contributed by atoms with van der Waals surface area (Å²) in [4.78, 5) is 10.8. The van der Waals surface area contributed by atoms with Gasteiger partial charge in [-0.25, -0.2) is 0 Å². The van der Waals surface area contributed by atoms with Crippen LogP contribution in [0.5, 0.6) is 0 Å². The highest BCUT2D eigenvalue weighted by Gasteiger charge is 2.23. The number of thiophene rings is 1. The van der Waals surface area contributed by atoms with Crippen molar-refractivity contribution in [2.24, 2.45) is 5.41 Å². The first-order valence-electron chi connectivity index (χ1n) is 5.65. The first kappa shape index (κ1) is 12.1. The second kappa shape index (κ2) is 4.49. The predicted octanol–water partition coefficient (Wildman–Crippen LogP) is 3.94. The summed E-state index contributed by atoms with van der Waals surface area (Å²) in [5.41, 5.74) is 1.06. The van der Waals surface area contributed by atoms with Crippen molar-refractivity contribution >= 4 is 27.4 Å². The average molecular weight is 248 g/mol.